The van der Waals surface area contributed by atoms with E-state index in [0.29, 0.717) is 17.1 Å². The second-order valence-corrected chi connectivity index (χ2v) is 6.38. The van der Waals surface area contributed by atoms with Crippen molar-refractivity contribution in [2.75, 3.05) is 27.3 Å². The van der Waals surface area contributed by atoms with Crippen molar-refractivity contribution in [3.05, 3.63) is 64.7 Å². The Kier molecular flexibility index (Phi) is 4.64. The Bertz CT molecular complexity index is 1090. The summed E-state index contributed by atoms with van der Waals surface area (Å²) in [7, 11) is 3.21. The van der Waals surface area contributed by atoms with Crippen molar-refractivity contribution >= 4 is 11.2 Å². The average molecular weight is 363 g/mol. The van der Waals surface area contributed by atoms with Gasteiger partial charge < -0.3 is 14.8 Å². The van der Waals surface area contributed by atoms with E-state index in [0.717, 1.165) is 41.9 Å². The molecule has 27 heavy (non-hydrogen) atoms. The number of pyridine rings is 1. The SMILES string of the molecule is COc1ccc(-c2ccc3nc(C4=CCNCC4)cc(=O)n3c2)cc1OC. The highest BCUT2D eigenvalue weighted by molar-refractivity contribution is 5.69. The molecule has 4 rings (SSSR count). The largest absolute Gasteiger partial charge is 0.493 e. The van der Waals surface area contributed by atoms with Crippen LogP contribution in [0.5, 0.6) is 11.5 Å². The number of hydrogen-bond donors (Lipinski definition) is 1. The first-order chi connectivity index (χ1) is 13.2. The molecule has 1 aliphatic rings. The number of methoxy groups -OCH3 is 2. The third kappa shape index (κ3) is 3.31. The Morgan fingerprint density at radius 2 is 1.85 bits per heavy atom. The zero-order valence-electron chi connectivity index (χ0n) is 15.4. The van der Waals surface area contributed by atoms with Crippen molar-refractivity contribution < 1.29 is 9.47 Å². The van der Waals surface area contributed by atoms with Crippen LogP contribution in [0.2, 0.25) is 0 Å². The van der Waals surface area contributed by atoms with Crippen molar-refractivity contribution in [1.82, 2.24) is 14.7 Å². The summed E-state index contributed by atoms with van der Waals surface area (Å²) >= 11 is 0. The highest BCUT2D eigenvalue weighted by atomic mass is 16.5. The van der Waals surface area contributed by atoms with Gasteiger partial charge in [0.15, 0.2) is 11.5 Å². The molecule has 3 heterocycles. The topological polar surface area (TPSA) is 64.9 Å². The molecule has 0 unspecified atom stereocenters. The molecular weight excluding hydrogens is 342 g/mol. The lowest BCUT2D eigenvalue weighted by atomic mass is 10.1. The standard InChI is InChI=1S/C21H21N3O3/c1-26-18-5-3-15(11-19(18)27-2)16-4-6-20-23-17(12-21(25)24(20)13-16)14-7-9-22-10-8-14/h3-7,11-13,22H,8-10H2,1-2H3. The number of hydrogen-bond acceptors (Lipinski definition) is 5. The summed E-state index contributed by atoms with van der Waals surface area (Å²) in [6.45, 7) is 1.72. The third-order valence-corrected chi connectivity index (χ3v) is 4.77. The van der Waals surface area contributed by atoms with E-state index in [1.807, 2.05) is 36.5 Å². The number of nitrogens with one attached hydrogen (secondary N) is 1. The summed E-state index contributed by atoms with van der Waals surface area (Å²) in [4.78, 5) is 17.4. The molecular formula is C21H21N3O3. The van der Waals surface area contributed by atoms with Gasteiger partial charge in [0.25, 0.3) is 5.56 Å². The molecule has 0 radical (unpaired) electrons. The van der Waals surface area contributed by atoms with E-state index in [1.165, 1.54) is 0 Å². The fourth-order valence-electron chi connectivity index (χ4n) is 3.31. The second-order valence-electron chi connectivity index (χ2n) is 6.38. The number of aromatic nitrogens is 2. The molecule has 2 aromatic heterocycles. The molecule has 0 spiro atoms. The van der Waals surface area contributed by atoms with Crippen LogP contribution in [-0.4, -0.2) is 36.7 Å². The lowest BCUT2D eigenvalue weighted by Crippen LogP contribution is -2.22. The van der Waals surface area contributed by atoms with Crippen molar-refractivity contribution in [2.45, 2.75) is 6.42 Å². The van der Waals surface area contributed by atoms with Gasteiger partial charge in [-0.1, -0.05) is 12.1 Å². The fourth-order valence-corrected chi connectivity index (χ4v) is 3.31. The molecule has 1 aliphatic heterocycles. The maximum atomic E-state index is 12.7. The molecule has 0 bridgehead atoms. The van der Waals surface area contributed by atoms with Crippen LogP contribution in [0.4, 0.5) is 0 Å². The number of fused-ring (bicyclic) bond motifs is 1. The van der Waals surface area contributed by atoms with Gasteiger partial charge in [-0.15, -0.1) is 0 Å². The number of benzene rings is 1. The van der Waals surface area contributed by atoms with E-state index in [9.17, 15) is 4.79 Å². The summed E-state index contributed by atoms with van der Waals surface area (Å²) in [6.07, 6.45) is 4.79. The molecule has 3 aromatic rings. The number of nitrogens with zero attached hydrogens (tertiary/aromatic N) is 2. The Hall–Kier alpha value is -3.12. The zero-order valence-corrected chi connectivity index (χ0v) is 15.4. The first-order valence-corrected chi connectivity index (χ1v) is 8.85. The van der Waals surface area contributed by atoms with Crippen molar-refractivity contribution in [3.8, 4) is 22.6 Å². The smallest absolute Gasteiger partial charge is 0.258 e. The van der Waals surface area contributed by atoms with Crippen LogP contribution in [0.3, 0.4) is 0 Å². The van der Waals surface area contributed by atoms with Crippen molar-refractivity contribution in [3.63, 3.8) is 0 Å². The first-order valence-electron chi connectivity index (χ1n) is 8.85. The van der Waals surface area contributed by atoms with Crippen LogP contribution in [-0.2, 0) is 0 Å². The predicted molar refractivity (Wildman–Crippen MR) is 105 cm³/mol. The van der Waals surface area contributed by atoms with E-state index in [4.69, 9.17) is 9.47 Å². The van der Waals surface area contributed by atoms with Gasteiger partial charge >= 0.3 is 0 Å². The summed E-state index contributed by atoms with van der Waals surface area (Å²) in [5.41, 5.74) is 4.28. The van der Waals surface area contributed by atoms with Crippen LogP contribution in [0.15, 0.2) is 53.5 Å². The van der Waals surface area contributed by atoms with E-state index in [-0.39, 0.29) is 5.56 Å². The average Bonchev–Trinajstić information content (AvgIpc) is 2.73. The second kappa shape index (κ2) is 7.25. The molecule has 1 aromatic carbocycles. The molecule has 6 nitrogen and oxygen atoms in total. The van der Waals surface area contributed by atoms with Gasteiger partial charge in [0.1, 0.15) is 5.65 Å². The van der Waals surface area contributed by atoms with E-state index < -0.39 is 0 Å². The zero-order chi connectivity index (χ0) is 18.8. The minimum Gasteiger partial charge on any atom is -0.493 e. The Morgan fingerprint density at radius 3 is 2.59 bits per heavy atom. The van der Waals surface area contributed by atoms with E-state index >= 15 is 0 Å². The van der Waals surface area contributed by atoms with Crippen LogP contribution in [0.1, 0.15) is 12.1 Å². The minimum atomic E-state index is -0.0863. The molecule has 0 saturated carbocycles. The molecule has 138 valence electrons. The van der Waals surface area contributed by atoms with Crippen LogP contribution >= 0.6 is 0 Å². The Balaban J connectivity index is 1.78. The van der Waals surface area contributed by atoms with Gasteiger partial charge in [-0.2, -0.15) is 0 Å². The summed E-state index contributed by atoms with van der Waals surface area (Å²) in [5, 5.41) is 3.27. The summed E-state index contributed by atoms with van der Waals surface area (Å²) in [6, 6.07) is 11.1. The summed E-state index contributed by atoms with van der Waals surface area (Å²) in [5.74, 6) is 1.31. The summed E-state index contributed by atoms with van der Waals surface area (Å²) < 4.78 is 12.2. The van der Waals surface area contributed by atoms with Gasteiger partial charge in [0.2, 0.25) is 0 Å². The highest BCUT2D eigenvalue weighted by Crippen LogP contribution is 2.32. The quantitative estimate of drug-likeness (QED) is 0.772. The van der Waals surface area contributed by atoms with E-state index in [2.05, 4.69) is 16.4 Å². The monoisotopic (exact) mass is 363 g/mol. The molecule has 1 N–H and O–H groups in total. The third-order valence-electron chi connectivity index (χ3n) is 4.77. The number of rotatable bonds is 4. The highest BCUT2D eigenvalue weighted by Gasteiger charge is 2.11. The molecule has 0 saturated heterocycles. The van der Waals surface area contributed by atoms with Gasteiger partial charge in [0, 0.05) is 18.8 Å². The van der Waals surface area contributed by atoms with Crippen molar-refractivity contribution in [1.29, 1.82) is 0 Å². The van der Waals surface area contributed by atoms with E-state index in [1.54, 1.807) is 24.7 Å². The van der Waals surface area contributed by atoms with Gasteiger partial charge in [0.05, 0.1) is 19.9 Å². The van der Waals surface area contributed by atoms with Gasteiger partial charge in [-0.3, -0.25) is 9.20 Å². The molecule has 0 atom stereocenters. The van der Waals surface area contributed by atoms with Crippen LogP contribution < -0.4 is 20.3 Å². The van der Waals surface area contributed by atoms with Crippen molar-refractivity contribution in [2.24, 2.45) is 0 Å². The normalized spacial score (nSPS) is 14.1. The maximum Gasteiger partial charge on any atom is 0.258 e. The fraction of sp³-hybridized carbons (Fsp3) is 0.238. The minimum absolute atomic E-state index is 0.0863. The molecule has 0 aliphatic carbocycles. The van der Waals surface area contributed by atoms with Gasteiger partial charge in [-0.25, -0.2) is 4.98 Å². The molecule has 6 heteroatoms. The van der Waals surface area contributed by atoms with Gasteiger partial charge in [-0.05, 0) is 53.9 Å². The lowest BCUT2D eigenvalue weighted by molar-refractivity contribution is 0.355. The van der Waals surface area contributed by atoms with Crippen LogP contribution in [0.25, 0.3) is 22.3 Å². The molecule has 0 fully saturated rings. The maximum absolute atomic E-state index is 12.7. The Morgan fingerprint density at radius 1 is 1.04 bits per heavy atom. The number of ether oxygens (including phenoxy) is 2. The first kappa shape index (κ1) is 17.3. The van der Waals surface area contributed by atoms with Crippen LogP contribution in [0, 0.1) is 0 Å². The Labute approximate surface area is 157 Å². The lowest BCUT2D eigenvalue weighted by Gasteiger charge is -2.14. The molecule has 0 amide bonds. The predicted octanol–water partition coefficient (Wildman–Crippen LogP) is 2.76.